The Morgan fingerprint density at radius 1 is 1.29 bits per heavy atom. The van der Waals surface area contributed by atoms with E-state index in [0.29, 0.717) is 12.5 Å². The highest BCUT2D eigenvalue weighted by atomic mass is 127. The lowest BCUT2D eigenvalue weighted by Gasteiger charge is -2.39. The molecule has 1 aliphatic heterocycles. The maximum atomic E-state index is 12.6. The van der Waals surface area contributed by atoms with E-state index in [1.165, 1.54) is 12.1 Å². The molecular formula is C16H23F3IN3O. The number of alkyl halides is 3. The third kappa shape index (κ3) is 5.51. The molecule has 1 saturated heterocycles. The second-order valence-electron chi connectivity index (χ2n) is 6.25. The highest BCUT2D eigenvalue weighted by Crippen LogP contribution is 2.29. The Morgan fingerprint density at radius 3 is 2.29 bits per heavy atom. The molecule has 1 aromatic carbocycles. The van der Waals surface area contributed by atoms with Gasteiger partial charge in [0.05, 0.1) is 18.8 Å². The summed E-state index contributed by atoms with van der Waals surface area (Å²) in [7, 11) is 3.54. The van der Waals surface area contributed by atoms with E-state index in [9.17, 15) is 13.2 Å². The molecule has 8 heteroatoms. The molecule has 1 aliphatic rings. The highest BCUT2D eigenvalue weighted by Gasteiger charge is 2.33. The van der Waals surface area contributed by atoms with E-state index in [1.54, 1.807) is 7.05 Å². The summed E-state index contributed by atoms with van der Waals surface area (Å²) >= 11 is 0. The van der Waals surface area contributed by atoms with Gasteiger partial charge < -0.3 is 15.0 Å². The average Bonchev–Trinajstić information content (AvgIpc) is 2.45. The van der Waals surface area contributed by atoms with Crippen molar-refractivity contribution in [2.75, 3.05) is 33.9 Å². The summed E-state index contributed by atoms with van der Waals surface area (Å²) in [6.45, 7) is 4.80. The van der Waals surface area contributed by atoms with Gasteiger partial charge in [-0.15, -0.1) is 24.0 Å². The topological polar surface area (TPSA) is 36.9 Å². The average molecular weight is 457 g/mol. The summed E-state index contributed by atoms with van der Waals surface area (Å²) in [5.41, 5.74) is 0.275. The summed E-state index contributed by atoms with van der Waals surface area (Å²) in [6, 6.07) is 5.19. The molecule has 0 atom stereocenters. The number of aliphatic imine (C=N–C) groups is 1. The molecule has 0 saturated carbocycles. The molecule has 1 fully saturated rings. The SMILES string of the molecule is CN=C(NCC1(C)COC1)N(C)Cc1ccc(C(F)(F)F)cc1.I. The van der Waals surface area contributed by atoms with Crippen molar-refractivity contribution in [3.8, 4) is 0 Å². The van der Waals surface area contributed by atoms with Crippen LogP contribution in [0.1, 0.15) is 18.1 Å². The van der Waals surface area contributed by atoms with Crippen LogP contribution in [0.3, 0.4) is 0 Å². The minimum absolute atomic E-state index is 0. The molecule has 0 radical (unpaired) electrons. The van der Waals surface area contributed by atoms with Crippen LogP contribution in [-0.2, 0) is 17.5 Å². The lowest BCUT2D eigenvalue weighted by atomic mass is 9.89. The zero-order chi connectivity index (χ0) is 17.1. The number of benzene rings is 1. The van der Waals surface area contributed by atoms with Crippen molar-refractivity contribution >= 4 is 29.9 Å². The number of nitrogens with zero attached hydrogens (tertiary/aromatic N) is 2. The zero-order valence-electron chi connectivity index (χ0n) is 14.0. The fraction of sp³-hybridized carbons (Fsp3) is 0.562. The number of nitrogens with one attached hydrogen (secondary N) is 1. The first-order chi connectivity index (χ1) is 10.7. The number of hydrogen-bond donors (Lipinski definition) is 1. The van der Waals surface area contributed by atoms with Gasteiger partial charge in [-0.1, -0.05) is 19.1 Å². The molecule has 0 spiro atoms. The molecule has 136 valence electrons. The predicted octanol–water partition coefficient (Wildman–Crippen LogP) is 3.37. The molecule has 24 heavy (non-hydrogen) atoms. The van der Waals surface area contributed by atoms with E-state index in [-0.39, 0.29) is 29.4 Å². The number of hydrogen-bond acceptors (Lipinski definition) is 2. The molecule has 1 heterocycles. The maximum Gasteiger partial charge on any atom is 0.416 e. The number of halogens is 4. The minimum atomic E-state index is -4.30. The van der Waals surface area contributed by atoms with Crippen LogP contribution in [0, 0.1) is 5.41 Å². The third-order valence-corrected chi connectivity index (χ3v) is 3.85. The molecule has 4 nitrogen and oxygen atoms in total. The smallest absolute Gasteiger partial charge is 0.380 e. The van der Waals surface area contributed by atoms with Crippen molar-refractivity contribution < 1.29 is 17.9 Å². The first-order valence-electron chi connectivity index (χ1n) is 7.39. The second kappa shape index (κ2) is 8.37. The molecule has 2 rings (SSSR count). The Bertz CT molecular complexity index is 557. The first kappa shape index (κ1) is 21.0. The van der Waals surface area contributed by atoms with Crippen LogP contribution in [0.4, 0.5) is 13.2 Å². The van der Waals surface area contributed by atoms with Crippen LogP contribution in [0.2, 0.25) is 0 Å². The van der Waals surface area contributed by atoms with Crippen LogP contribution in [0.15, 0.2) is 29.3 Å². The molecule has 1 aromatic rings. The van der Waals surface area contributed by atoms with E-state index in [2.05, 4.69) is 17.2 Å². The van der Waals surface area contributed by atoms with Crippen molar-refractivity contribution in [3.05, 3.63) is 35.4 Å². The Hall–Kier alpha value is -1.03. The summed E-state index contributed by atoms with van der Waals surface area (Å²) in [4.78, 5) is 6.09. The van der Waals surface area contributed by atoms with Crippen molar-refractivity contribution in [2.24, 2.45) is 10.4 Å². The molecule has 0 bridgehead atoms. The van der Waals surface area contributed by atoms with Gasteiger partial charge in [-0.2, -0.15) is 13.2 Å². The lowest BCUT2D eigenvalue weighted by Crippen LogP contribution is -2.51. The van der Waals surface area contributed by atoms with Crippen LogP contribution in [-0.4, -0.2) is 44.7 Å². The molecule has 0 unspecified atom stereocenters. The molecule has 0 aromatic heterocycles. The predicted molar refractivity (Wildman–Crippen MR) is 98.6 cm³/mol. The fourth-order valence-corrected chi connectivity index (χ4v) is 2.38. The van der Waals surface area contributed by atoms with Gasteiger partial charge in [0.15, 0.2) is 5.96 Å². The van der Waals surface area contributed by atoms with Gasteiger partial charge in [0.1, 0.15) is 0 Å². The summed E-state index contributed by atoms with van der Waals surface area (Å²) in [5, 5.41) is 3.28. The fourth-order valence-electron chi connectivity index (χ4n) is 2.38. The lowest BCUT2D eigenvalue weighted by molar-refractivity contribution is -0.137. The monoisotopic (exact) mass is 457 g/mol. The van der Waals surface area contributed by atoms with Crippen molar-refractivity contribution in [1.29, 1.82) is 0 Å². The number of rotatable bonds is 4. The Morgan fingerprint density at radius 2 is 1.88 bits per heavy atom. The van der Waals surface area contributed by atoms with Crippen LogP contribution >= 0.6 is 24.0 Å². The Balaban J connectivity index is 0.00000288. The van der Waals surface area contributed by atoms with E-state index in [1.807, 2.05) is 11.9 Å². The minimum Gasteiger partial charge on any atom is -0.380 e. The number of ether oxygens (including phenoxy) is 1. The largest absolute Gasteiger partial charge is 0.416 e. The van der Waals surface area contributed by atoms with Crippen LogP contribution in [0.25, 0.3) is 0 Å². The molecular weight excluding hydrogens is 434 g/mol. The van der Waals surface area contributed by atoms with Gasteiger partial charge in [-0.05, 0) is 17.7 Å². The van der Waals surface area contributed by atoms with Crippen molar-refractivity contribution in [3.63, 3.8) is 0 Å². The molecule has 0 aliphatic carbocycles. The highest BCUT2D eigenvalue weighted by molar-refractivity contribution is 14.0. The van der Waals surface area contributed by atoms with Gasteiger partial charge in [0.2, 0.25) is 0 Å². The van der Waals surface area contributed by atoms with Crippen molar-refractivity contribution in [1.82, 2.24) is 10.2 Å². The van der Waals surface area contributed by atoms with E-state index in [0.717, 1.165) is 37.5 Å². The Kier molecular flexibility index (Phi) is 7.33. The van der Waals surface area contributed by atoms with Crippen LogP contribution in [0.5, 0.6) is 0 Å². The van der Waals surface area contributed by atoms with E-state index in [4.69, 9.17) is 4.74 Å². The standard InChI is InChI=1S/C16H22F3N3O.HI/c1-15(10-23-11-15)9-21-14(20-2)22(3)8-12-4-6-13(7-5-12)16(17,18)19;/h4-7H,8-11H2,1-3H3,(H,20,21);1H. The Labute approximate surface area is 157 Å². The van der Waals surface area contributed by atoms with Gasteiger partial charge in [-0.3, -0.25) is 4.99 Å². The van der Waals surface area contributed by atoms with Crippen LogP contribution < -0.4 is 5.32 Å². The maximum absolute atomic E-state index is 12.6. The molecule has 0 amide bonds. The first-order valence-corrected chi connectivity index (χ1v) is 7.39. The van der Waals surface area contributed by atoms with E-state index < -0.39 is 11.7 Å². The van der Waals surface area contributed by atoms with Gasteiger partial charge in [0, 0.05) is 32.6 Å². The van der Waals surface area contributed by atoms with Gasteiger partial charge in [-0.25, -0.2) is 0 Å². The van der Waals surface area contributed by atoms with Gasteiger partial charge in [0.25, 0.3) is 0 Å². The zero-order valence-corrected chi connectivity index (χ0v) is 16.3. The molecule has 1 N–H and O–H groups in total. The summed E-state index contributed by atoms with van der Waals surface area (Å²) in [5.74, 6) is 0.707. The number of guanidine groups is 1. The van der Waals surface area contributed by atoms with E-state index >= 15 is 0 Å². The quantitative estimate of drug-likeness (QED) is 0.428. The summed E-state index contributed by atoms with van der Waals surface area (Å²) < 4.78 is 42.9. The third-order valence-electron chi connectivity index (χ3n) is 3.85. The normalized spacial score (nSPS) is 16.8. The second-order valence-corrected chi connectivity index (χ2v) is 6.25. The van der Waals surface area contributed by atoms with Gasteiger partial charge >= 0.3 is 6.18 Å². The van der Waals surface area contributed by atoms with Crippen molar-refractivity contribution in [2.45, 2.75) is 19.6 Å². The summed E-state index contributed by atoms with van der Waals surface area (Å²) in [6.07, 6.45) is -4.30.